The molecule has 0 spiro atoms. The standard InChI is InChI=1S/C21H24O2/c1-16(2)18-6-10-20(11-7-18)22-14-5-15-23-21-12-8-19(9-13-21)17(3)4/h6-13H,1,3,5,14-15H2,2,4H3. The molecule has 0 N–H and O–H groups in total. The van der Waals surface area contributed by atoms with Crippen LogP contribution >= 0.6 is 0 Å². The van der Waals surface area contributed by atoms with E-state index in [0.29, 0.717) is 13.2 Å². The van der Waals surface area contributed by atoms with Gasteiger partial charge in [-0.3, -0.25) is 0 Å². The van der Waals surface area contributed by atoms with Gasteiger partial charge in [0.25, 0.3) is 0 Å². The van der Waals surface area contributed by atoms with Crippen LogP contribution in [-0.2, 0) is 0 Å². The number of ether oxygens (including phenoxy) is 2. The summed E-state index contributed by atoms with van der Waals surface area (Å²) in [7, 11) is 0. The zero-order valence-electron chi connectivity index (χ0n) is 14.0. The van der Waals surface area contributed by atoms with Crippen molar-refractivity contribution < 1.29 is 9.47 Å². The van der Waals surface area contributed by atoms with Gasteiger partial charge in [0.05, 0.1) is 13.2 Å². The first-order valence-corrected chi connectivity index (χ1v) is 7.84. The Bertz CT molecular complexity index is 592. The summed E-state index contributed by atoms with van der Waals surface area (Å²) >= 11 is 0. The zero-order valence-corrected chi connectivity index (χ0v) is 14.0. The molecule has 0 aliphatic carbocycles. The lowest BCUT2D eigenvalue weighted by Gasteiger charge is -2.09. The van der Waals surface area contributed by atoms with Crippen molar-refractivity contribution in [2.45, 2.75) is 20.3 Å². The first-order valence-electron chi connectivity index (χ1n) is 7.84. The van der Waals surface area contributed by atoms with E-state index >= 15 is 0 Å². The largest absolute Gasteiger partial charge is 0.493 e. The van der Waals surface area contributed by atoms with Gasteiger partial charge in [-0.1, -0.05) is 48.6 Å². The summed E-state index contributed by atoms with van der Waals surface area (Å²) in [6.07, 6.45) is 0.838. The lowest BCUT2D eigenvalue weighted by atomic mass is 10.1. The van der Waals surface area contributed by atoms with Gasteiger partial charge in [0.2, 0.25) is 0 Å². The van der Waals surface area contributed by atoms with Crippen molar-refractivity contribution >= 4 is 11.1 Å². The molecule has 0 radical (unpaired) electrons. The van der Waals surface area contributed by atoms with E-state index < -0.39 is 0 Å². The van der Waals surface area contributed by atoms with E-state index in [1.54, 1.807) is 0 Å². The molecule has 0 fully saturated rings. The molecular weight excluding hydrogens is 284 g/mol. The fourth-order valence-electron chi connectivity index (χ4n) is 2.11. The molecule has 0 saturated carbocycles. The van der Waals surface area contributed by atoms with Crippen molar-refractivity contribution in [3.05, 3.63) is 72.8 Å². The van der Waals surface area contributed by atoms with Crippen molar-refractivity contribution in [2.24, 2.45) is 0 Å². The Morgan fingerprint density at radius 1 is 0.696 bits per heavy atom. The topological polar surface area (TPSA) is 18.5 Å². The van der Waals surface area contributed by atoms with Crippen molar-refractivity contribution in [1.82, 2.24) is 0 Å². The third kappa shape index (κ3) is 5.33. The number of hydrogen-bond donors (Lipinski definition) is 0. The highest BCUT2D eigenvalue weighted by molar-refractivity contribution is 5.62. The molecule has 0 saturated heterocycles. The monoisotopic (exact) mass is 308 g/mol. The van der Waals surface area contributed by atoms with Gasteiger partial charge in [-0.05, 0) is 49.2 Å². The van der Waals surface area contributed by atoms with Gasteiger partial charge in [-0.25, -0.2) is 0 Å². The molecule has 0 atom stereocenters. The van der Waals surface area contributed by atoms with E-state index in [4.69, 9.17) is 9.47 Å². The second-order valence-corrected chi connectivity index (χ2v) is 5.66. The Hall–Kier alpha value is -2.48. The van der Waals surface area contributed by atoms with Crippen LogP contribution in [0.1, 0.15) is 31.4 Å². The predicted octanol–water partition coefficient (Wildman–Crippen LogP) is 5.60. The van der Waals surface area contributed by atoms with E-state index in [1.165, 1.54) is 0 Å². The highest BCUT2D eigenvalue weighted by atomic mass is 16.5. The van der Waals surface area contributed by atoms with Crippen molar-refractivity contribution in [3.63, 3.8) is 0 Å². The van der Waals surface area contributed by atoms with Crippen LogP contribution in [0.3, 0.4) is 0 Å². The summed E-state index contributed by atoms with van der Waals surface area (Å²) < 4.78 is 11.4. The third-order valence-electron chi connectivity index (χ3n) is 3.52. The molecule has 0 aromatic heterocycles. The second kappa shape index (κ2) is 8.23. The molecule has 23 heavy (non-hydrogen) atoms. The quantitative estimate of drug-likeness (QED) is 0.591. The van der Waals surface area contributed by atoms with Crippen LogP contribution < -0.4 is 9.47 Å². The molecular formula is C21H24O2. The van der Waals surface area contributed by atoms with E-state index in [1.807, 2.05) is 62.4 Å². The third-order valence-corrected chi connectivity index (χ3v) is 3.52. The number of rotatable bonds is 8. The first-order chi connectivity index (χ1) is 11.1. The number of benzene rings is 2. The molecule has 0 bridgehead atoms. The molecule has 2 heteroatoms. The van der Waals surface area contributed by atoms with Crippen molar-refractivity contribution in [1.29, 1.82) is 0 Å². The van der Waals surface area contributed by atoms with Gasteiger partial charge in [0, 0.05) is 6.42 Å². The normalized spacial score (nSPS) is 10.2. The summed E-state index contributed by atoms with van der Waals surface area (Å²) in [5.41, 5.74) is 4.39. The van der Waals surface area contributed by atoms with Crippen LogP contribution in [0.5, 0.6) is 11.5 Å². The van der Waals surface area contributed by atoms with Crippen LogP contribution in [0, 0.1) is 0 Å². The van der Waals surface area contributed by atoms with E-state index in [0.717, 1.165) is 40.2 Å². The lowest BCUT2D eigenvalue weighted by Crippen LogP contribution is -2.05. The fourth-order valence-corrected chi connectivity index (χ4v) is 2.11. The summed E-state index contributed by atoms with van der Waals surface area (Å²) in [5.74, 6) is 1.75. The van der Waals surface area contributed by atoms with Gasteiger partial charge >= 0.3 is 0 Å². The predicted molar refractivity (Wildman–Crippen MR) is 97.9 cm³/mol. The van der Waals surface area contributed by atoms with E-state index in [9.17, 15) is 0 Å². The summed E-state index contributed by atoms with van der Waals surface area (Å²) in [6, 6.07) is 16.0. The molecule has 2 rings (SSSR count). The minimum atomic E-state index is 0.635. The summed E-state index contributed by atoms with van der Waals surface area (Å²) in [4.78, 5) is 0. The van der Waals surface area contributed by atoms with Gasteiger partial charge in [-0.15, -0.1) is 0 Å². The minimum absolute atomic E-state index is 0.635. The highest BCUT2D eigenvalue weighted by Gasteiger charge is 1.98. The fraction of sp³-hybridized carbons (Fsp3) is 0.238. The minimum Gasteiger partial charge on any atom is -0.493 e. The van der Waals surface area contributed by atoms with Crippen LogP contribution in [0.15, 0.2) is 61.7 Å². The first kappa shape index (κ1) is 16.9. The maximum Gasteiger partial charge on any atom is 0.119 e. The average molecular weight is 308 g/mol. The lowest BCUT2D eigenvalue weighted by molar-refractivity contribution is 0.247. The molecule has 2 nitrogen and oxygen atoms in total. The molecule has 120 valence electrons. The molecule has 0 unspecified atom stereocenters. The van der Waals surface area contributed by atoms with E-state index in [-0.39, 0.29) is 0 Å². The van der Waals surface area contributed by atoms with Crippen LogP contribution in [0.2, 0.25) is 0 Å². The number of allylic oxidation sites excluding steroid dienone is 2. The molecule has 0 amide bonds. The van der Waals surface area contributed by atoms with E-state index in [2.05, 4.69) is 13.2 Å². The Morgan fingerprint density at radius 3 is 1.35 bits per heavy atom. The highest BCUT2D eigenvalue weighted by Crippen LogP contribution is 2.18. The average Bonchev–Trinajstić information content (AvgIpc) is 2.55. The number of hydrogen-bond acceptors (Lipinski definition) is 2. The smallest absolute Gasteiger partial charge is 0.119 e. The van der Waals surface area contributed by atoms with Gasteiger partial charge in [0.1, 0.15) is 11.5 Å². The van der Waals surface area contributed by atoms with Gasteiger partial charge < -0.3 is 9.47 Å². The molecule has 0 aliphatic heterocycles. The SMILES string of the molecule is C=C(C)c1ccc(OCCCOc2ccc(C(=C)C)cc2)cc1. The maximum atomic E-state index is 5.71. The van der Waals surface area contributed by atoms with Crippen molar-refractivity contribution in [2.75, 3.05) is 13.2 Å². The van der Waals surface area contributed by atoms with Gasteiger partial charge in [-0.2, -0.15) is 0 Å². The van der Waals surface area contributed by atoms with Crippen molar-refractivity contribution in [3.8, 4) is 11.5 Å². The second-order valence-electron chi connectivity index (χ2n) is 5.66. The molecule has 2 aromatic carbocycles. The summed E-state index contributed by atoms with van der Waals surface area (Å²) in [6.45, 7) is 13.1. The Balaban J connectivity index is 1.69. The Labute approximate surface area is 139 Å². The molecule has 0 heterocycles. The Kier molecular flexibility index (Phi) is 6.04. The van der Waals surface area contributed by atoms with Gasteiger partial charge in [0.15, 0.2) is 0 Å². The van der Waals surface area contributed by atoms with Crippen LogP contribution in [0.4, 0.5) is 0 Å². The van der Waals surface area contributed by atoms with Crippen LogP contribution in [0.25, 0.3) is 11.1 Å². The zero-order chi connectivity index (χ0) is 16.7. The molecule has 0 aliphatic rings. The molecule has 2 aromatic rings. The maximum absolute atomic E-state index is 5.71. The van der Waals surface area contributed by atoms with Crippen LogP contribution in [-0.4, -0.2) is 13.2 Å². The summed E-state index contributed by atoms with van der Waals surface area (Å²) in [5, 5.41) is 0. The Morgan fingerprint density at radius 2 is 1.04 bits per heavy atom.